The van der Waals surface area contributed by atoms with E-state index in [4.69, 9.17) is 9.47 Å². The van der Waals surface area contributed by atoms with E-state index in [2.05, 4.69) is 28.4 Å². The van der Waals surface area contributed by atoms with Gasteiger partial charge in [-0.15, -0.1) is 0 Å². The predicted octanol–water partition coefficient (Wildman–Crippen LogP) is 4.18. The van der Waals surface area contributed by atoms with E-state index in [1.54, 1.807) is 0 Å². The lowest BCUT2D eigenvalue weighted by atomic mass is 10.0. The monoisotopic (exact) mass is 404 g/mol. The smallest absolute Gasteiger partial charge is 0.227 e. The van der Waals surface area contributed by atoms with Crippen LogP contribution in [0.3, 0.4) is 0 Å². The summed E-state index contributed by atoms with van der Waals surface area (Å²) in [5.41, 5.74) is 0.976. The van der Waals surface area contributed by atoms with Crippen molar-refractivity contribution in [2.45, 2.75) is 12.8 Å². The molecule has 0 spiro atoms. The van der Waals surface area contributed by atoms with Gasteiger partial charge in [0, 0.05) is 31.6 Å². The van der Waals surface area contributed by atoms with Gasteiger partial charge < -0.3 is 14.8 Å². The summed E-state index contributed by atoms with van der Waals surface area (Å²) < 4.78 is 11.5. The molecular weight excluding hydrogens is 376 g/mol. The molecule has 0 aromatic heterocycles. The van der Waals surface area contributed by atoms with E-state index in [0.29, 0.717) is 6.54 Å². The molecule has 156 valence electrons. The van der Waals surface area contributed by atoms with E-state index in [-0.39, 0.29) is 11.8 Å². The van der Waals surface area contributed by atoms with Gasteiger partial charge in [0.05, 0.1) is 19.1 Å². The first-order valence-electron chi connectivity index (χ1n) is 10.5. The first-order chi connectivity index (χ1) is 14.7. The van der Waals surface area contributed by atoms with Crippen molar-refractivity contribution in [3.8, 4) is 11.5 Å². The van der Waals surface area contributed by atoms with Gasteiger partial charge in [0.2, 0.25) is 5.91 Å². The number of rotatable bonds is 7. The summed E-state index contributed by atoms with van der Waals surface area (Å²) >= 11 is 0. The number of hydrogen-bond acceptors (Lipinski definition) is 4. The first-order valence-corrected chi connectivity index (χ1v) is 10.5. The number of ether oxygens (including phenoxy) is 2. The van der Waals surface area contributed by atoms with E-state index in [9.17, 15) is 4.79 Å². The average Bonchev–Trinajstić information content (AvgIpc) is 2.80. The Hall–Kier alpha value is -2.89. The van der Waals surface area contributed by atoms with Gasteiger partial charge in [0.15, 0.2) is 0 Å². The Bertz CT molecular complexity index is 976. The maximum absolute atomic E-state index is 12.5. The molecule has 1 aliphatic rings. The molecule has 1 saturated heterocycles. The third-order valence-corrected chi connectivity index (χ3v) is 5.58. The Morgan fingerprint density at radius 3 is 2.57 bits per heavy atom. The third kappa shape index (κ3) is 4.99. The van der Waals surface area contributed by atoms with Crippen molar-refractivity contribution in [3.63, 3.8) is 0 Å². The molecule has 0 aliphatic carbocycles. The average molecular weight is 405 g/mol. The van der Waals surface area contributed by atoms with Gasteiger partial charge in [-0.1, -0.05) is 48.5 Å². The third-order valence-electron chi connectivity index (χ3n) is 5.58. The Kier molecular flexibility index (Phi) is 6.62. The highest BCUT2D eigenvalue weighted by Gasteiger charge is 2.16. The van der Waals surface area contributed by atoms with Gasteiger partial charge in [-0.05, 0) is 36.1 Å². The number of morpholine rings is 1. The molecule has 30 heavy (non-hydrogen) atoms. The Balaban J connectivity index is 1.33. The van der Waals surface area contributed by atoms with E-state index in [1.807, 2.05) is 55.5 Å². The van der Waals surface area contributed by atoms with Crippen LogP contribution >= 0.6 is 0 Å². The highest BCUT2D eigenvalue weighted by atomic mass is 16.5. The Labute approximate surface area is 177 Å². The van der Waals surface area contributed by atoms with Crippen molar-refractivity contribution >= 4 is 16.7 Å². The Morgan fingerprint density at radius 2 is 1.77 bits per heavy atom. The summed E-state index contributed by atoms with van der Waals surface area (Å²) in [5, 5.41) is 5.28. The molecule has 1 aliphatic heterocycles. The standard InChI is InChI=1S/C25H28N2O3/c1-19(25(28)26-13-14-27-15-17-29-18-16-27)20-9-11-22(12-10-20)30-24-8-4-6-21-5-2-3-7-23(21)24/h2-12,19H,13-18H2,1H3,(H,26,28). The SMILES string of the molecule is CC(C(=O)NCCN1CCOCC1)c1ccc(Oc2cccc3ccccc23)cc1. The highest BCUT2D eigenvalue weighted by Crippen LogP contribution is 2.30. The van der Waals surface area contributed by atoms with Crippen molar-refractivity contribution in [2.24, 2.45) is 0 Å². The molecule has 1 N–H and O–H groups in total. The van der Waals surface area contributed by atoms with Gasteiger partial charge in [-0.25, -0.2) is 0 Å². The zero-order chi connectivity index (χ0) is 20.8. The summed E-state index contributed by atoms with van der Waals surface area (Å²) in [5.74, 6) is 1.43. The van der Waals surface area contributed by atoms with Crippen molar-refractivity contribution in [2.75, 3.05) is 39.4 Å². The molecule has 0 bridgehead atoms. The molecule has 3 aromatic carbocycles. The molecule has 0 saturated carbocycles. The van der Waals surface area contributed by atoms with Crippen molar-refractivity contribution in [3.05, 3.63) is 72.3 Å². The lowest BCUT2D eigenvalue weighted by molar-refractivity contribution is -0.122. The minimum Gasteiger partial charge on any atom is -0.457 e. The lowest BCUT2D eigenvalue weighted by Crippen LogP contribution is -2.42. The van der Waals surface area contributed by atoms with Gasteiger partial charge in [-0.3, -0.25) is 9.69 Å². The second-order valence-corrected chi connectivity index (χ2v) is 7.62. The van der Waals surface area contributed by atoms with Crippen molar-refractivity contribution in [1.29, 1.82) is 0 Å². The number of hydrogen-bond donors (Lipinski definition) is 1. The number of carbonyl (C=O) groups excluding carboxylic acids is 1. The van der Waals surface area contributed by atoms with Gasteiger partial charge in [0.1, 0.15) is 11.5 Å². The van der Waals surface area contributed by atoms with Crippen LogP contribution in [0.15, 0.2) is 66.7 Å². The number of nitrogens with one attached hydrogen (secondary N) is 1. The van der Waals surface area contributed by atoms with E-state index in [1.165, 1.54) is 0 Å². The number of fused-ring (bicyclic) bond motifs is 1. The van der Waals surface area contributed by atoms with Crippen LogP contribution in [0.25, 0.3) is 10.8 Å². The summed E-state index contributed by atoms with van der Waals surface area (Å²) in [6.45, 7) is 6.87. The molecule has 3 aromatic rings. The Morgan fingerprint density at radius 1 is 1.03 bits per heavy atom. The number of nitrogens with zero attached hydrogens (tertiary/aromatic N) is 1. The van der Waals surface area contributed by atoms with Crippen LogP contribution in [-0.4, -0.2) is 50.2 Å². The van der Waals surface area contributed by atoms with Crippen molar-refractivity contribution < 1.29 is 14.3 Å². The molecule has 5 nitrogen and oxygen atoms in total. The molecule has 4 rings (SSSR count). The fourth-order valence-electron chi connectivity index (χ4n) is 3.70. The van der Waals surface area contributed by atoms with E-state index in [0.717, 1.165) is 60.7 Å². The predicted molar refractivity (Wildman–Crippen MR) is 119 cm³/mol. The van der Waals surface area contributed by atoms with Crippen LogP contribution in [0.5, 0.6) is 11.5 Å². The largest absolute Gasteiger partial charge is 0.457 e. The fourth-order valence-corrected chi connectivity index (χ4v) is 3.70. The molecular formula is C25H28N2O3. The van der Waals surface area contributed by atoms with Crippen LogP contribution in [0.1, 0.15) is 18.4 Å². The van der Waals surface area contributed by atoms with E-state index < -0.39 is 0 Å². The second kappa shape index (κ2) is 9.74. The highest BCUT2D eigenvalue weighted by molar-refractivity contribution is 5.88. The normalized spacial score (nSPS) is 15.6. The lowest BCUT2D eigenvalue weighted by Gasteiger charge is -2.26. The van der Waals surface area contributed by atoms with Crippen LogP contribution < -0.4 is 10.1 Å². The van der Waals surface area contributed by atoms with Crippen molar-refractivity contribution in [1.82, 2.24) is 10.2 Å². The molecule has 1 heterocycles. The second-order valence-electron chi connectivity index (χ2n) is 7.62. The first kappa shape index (κ1) is 20.4. The number of amides is 1. The molecule has 1 unspecified atom stereocenters. The molecule has 1 fully saturated rings. The zero-order valence-electron chi connectivity index (χ0n) is 17.3. The topological polar surface area (TPSA) is 50.8 Å². The van der Waals surface area contributed by atoms with Gasteiger partial charge in [0.25, 0.3) is 0 Å². The summed E-state index contributed by atoms with van der Waals surface area (Å²) in [7, 11) is 0. The minimum atomic E-state index is -0.207. The zero-order valence-corrected chi connectivity index (χ0v) is 17.3. The maximum Gasteiger partial charge on any atom is 0.227 e. The molecule has 1 amide bonds. The number of carbonyl (C=O) groups is 1. The minimum absolute atomic E-state index is 0.0472. The van der Waals surface area contributed by atoms with Crippen LogP contribution in [-0.2, 0) is 9.53 Å². The van der Waals surface area contributed by atoms with Gasteiger partial charge >= 0.3 is 0 Å². The van der Waals surface area contributed by atoms with Crippen LogP contribution in [0.2, 0.25) is 0 Å². The molecule has 5 heteroatoms. The molecule has 0 radical (unpaired) electrons. The van der Waals surface area contributed by atoms with Crippen LogP contribution in [0, 0.1) is 0 Å². The maximum atomic E-state index is 12.5. The van der Waals surface area contributed by atoms with E-state index >= 15 is 0 Å². The molecule has 1 atom stereocenters. The summed E-state index contributed by atoms with van der Waals surface area (Å²) in [6, 6.07) is 22.0. The van der Waals surface area contributed by atoms with Gasteiger partial charge in [-0.2, -0.15) is 0 Å². The summed E-state index contributed by atoms with van der Waals surface area (Å²) in [6.07, 6.45) is 0. The fraction of sp³-hybridized carbons (Fsp3) is 0.320. The van der Waals surface area contributed by atoms with Crippen LogP contribution in [0.4, 0.5) is 0 Å². The summed E-state index contributed by atoms with van der Waals surface area (Å²) in [4.78, 5) is 14.8. The number of benzene rings is 3. The quantitative estimate of drug-likeness (QED) is 0.642.